The van der Waals surface area contributed by atoms with E-state index in [-0.39, 0.29) is 23.9 Å². The van der Waals surface area contributed by atoms with Gasteiger partial charge in [0.1, 0.15) is 5.52 Å². The van der Waals surface area contributed by atoms with Gasteiger partial charge >= 0.3 is 0 Å². The largest absolute Gasteiger partial charge is 0.355 e. The molecule has 1 atom stereocenters. The summed E-state index contributed by atoms with van der Waals surface area (Å²) in [5.41, 5.74) is 12.5. The number of pyridine rings is 1. The summed E-state index contributed by atoms with van der Waals surface area (Å²) in [6.07, 6.45) is 6.73. The molecule has 0 bridgehead atoms. The Labute approximate surface area is 213 Å². The summed E-state index contributed by atoms with van der Waals surface area (Å²) in [5.74, 6) is 0.973. The summed E-state index contributed by atoms with van der Waals surface area (Å²) in [6.45, 7) is 7.85. The molecule has 1 aliphatic heterocycles. The van der Waals surface area contributed by atoms with Gasteiger partial charge in [-0.3, -0.25) is 4.98 Å². The highest BCUT2D eigenvalue weighted by Crippen LogP contribution is 2.52. The molecule has 7 nitrogen and oxygen atoms in total. The van der Waals surface area contributed by atoms with Gasteiger partial charge in [0.05, 0.1) is 45.0 Å². The van der Waals surface area contributed by atoms with Gasteiger partial charge in [0.15, 0.2) is 5.82 Å². The lowest BCUT2D eigenvalue weighted by atomic mass is 9.73. The average molecular weight is 517 g/mol. The highest BCUT2D eigenvalue weighted by molar-refractivity contribution is 7.11. The summed E-state index contributed by atoms with van der Waals surface area (Å²) < 4.78 is 1.97. The lowest BCUT2D eigenvalue weighted by Gasteiger charge is -2.42. The molecule has 2 aliphatic rings. The number of fused-ring (bicyclic) bond motifs is 2. The van der Waals surface area contributed by atoms with Gasteiger partial charge in [0.25, 0.3) is 0 Å². The minimum Gasteiger partial charge on any atom is -0.355 e. The molecule has 1 aliphatic carbocycles. The molecule has 0 aromatic carbocycles. The molecule has 34 heavy (non-hydrogen) atoms. The normalized spacial score (nSPS) is 19.0. The zero-order valence-electron chi connectivity index (χ0n) is 19.4. The average Bonchev–Trinajstić information content (AvgIpc) is 3.47. The molecule has 1 fully saturated rings. The zero-order chi connectivity index (χ0) is 22.9. The van der Waals surface area contributed by atoms with Crippen LogP contribution in [0, 0.1) is 26.2 Å². The van der Waals surface area contributed by atoms with Crippen LogP contribution < -0.4 is 10.6 Å². The van der Waals surface area contributed by atoms with Gasteiger partial charge in [0.2, 0.25) is 0 Å². The molecule has 0 radical (unpaired) electrons. The lowest BCUT2D eigenvalue weighted by molar-refractivity contribution is 0.186. The Kier molecular flexibility index (Phi) is 5.83. The van der Waals surface area contributed by atoms with E-state index >= 15 is 0 Å². The van der Waals surface area contributed by atoms with Crippen molar-refractivity contribution in [3.05, 3.63) is 56.5 Å². The van der Waals surface area contributed by atoms with Crippen molar-refractivity contribution in [2.75, 3.05) is 18.0 Å². The summed E-state index contributed by atoms with van der Waals surface area (Å²) in [5, 5.41) is 6.40. The molecule has 5 heterocycles. The van der Waals surface area contributed by atoms with Crippen molar-refractivity contribution in [2.45, 2.75) is 46.1 Å². The van der Waals surface area contributed by atoms with Crippen molar-refractivity contribution in [1.29, 1.82) is 0 Å². The van der Waals surface area contributed by atoms with Crippen LogP contribution in [0.4, 0.5) is 5.82 Å². The molecule has 0 amide bonds. The third-order valence-corrected chi connectivity index (χ3v) is 8.84. The molecule has 4 aromatic heterocycles. The van der Waals surface area contributed by atoms with Crippen LogP contribution in [0.2, 0.25) is 5.02 Å². The Morgan fingerprint density at radius 2 is 1.85 bits per heavy atom. The summed E-state index contributed by atoms with van der Waals surface area (Å²) in [6, 6.07) is 3.99. The summed E-state index contributed by atoms with van der Waals surface area (Å²) in [7, 11) is 0. The van der Waals surface area contributed by atoms with Gasteiger partial charge in [0, 0.05) is 29.7 Å². The smallest absolute Gasteiger partial charge is 0.155 e. The number of aromatic nitrogens is 5. The fourth-order valence-electron chi connectivity index (χ4n) is 5.57. The van der Waals surface area contributed by atoms with Crippen LogP contribution in [0.15, 0.2) is 24.5 Å². The number of halogens is 2. The Morgan fingerprint density at radius 3 is 2.59 bits per heavy atom. The van der Waals surface area contributed by atoms with Crippen LogP contribution in [0.5, 0.6) is 0 Å². The van der Waals surface area contributed by atoms with Gasteiger partial charge in [-0.1, -0.05) is 11.6 Å². The molecule has 6 rings (SSSR count). The second-order valence-corrected chi connectivity index (χ2v) is 11.0. The molecule has 1 spiro atoms. The van der Waals surface area contributed by atoms with E-state index in [4.69, 9.17) is 27.3 Å². The first kappa shape index (κ1) is 23.5. The highest BCUT2D eigenvalue weighted by atomic mass is 35.5. The van der Waals surface area contributed by atoms with Crippen molar-refractivity contribution >= 4 is 46.7 Å². The van der Waals surface area contributed by atoms with Gasteiger partial charge in [-0.05, 0) is 57.6 Å². The van der Waals surface area contributed by atoms with Crippen molar-refractivity contribution in [1.82, 2.24) is 24.6 Å². The maximum Gasteiger partial charge on any atom is 0.155 e. The molecule has 0 unspecified atom stereocenters. The van der Waals surface area contributed by atoms with Crippen molar-refractivity contribution in [3.63, 3.8) is 0 Å². The van der Waals surface area contributed by atoms with Gasteiger partial charge in [-0.2, -0.15) is 5.10 Å². The number of anilines is 1. The maximum atomic E-state index is 6.74. The predicted molar refractivity (Wildman–Crippen MR) is 139 cm³/mol. The van der Waals surface area contributed by atoms with Crippen LogP contribution in [-0.2, 0) is 6.42 Å². The SMILES string of the molecule is Cc1nc2c(s1)CC1(CCN(c3nc(C)c(-c4ccnc(C)c4Cl)n4nccc34)CC1)[C@@H]2N.Cl. The van der Waals surface area contributed by atoms with E-state index in [0.29, 0.717) is 5.02 Å². The number of rotatable bonds is 2. The van der Waals surface area contributed by atoms with Crippen LogP contribution >= 0.6 is 35.3 Å². The molecule has 10 heteroatoms. The number of aryl methyl sites for hydroxylation is 3. The van der Waals surface area contributed by atoms with Gasteiger partial charge in [-0.15, -0.1) is 23.7 Å². The molecular weight excluding hydrogens is 489 g/mol. The second kappa shape index (κ2) is 8.45. The fourth-order valence-corrected chi connectivity index (χ4v) is 6.91. The second-order valence-electron chi connectivity index (χ2n) is 9.30. The van der Waals surface area contributed by atoms with E-state index in [1.165, 1.54) is 4.88 Å². The van der Waals surface area contributed by atoms with Crippen LogP contribution in [0.1, 0.15) is 45.9 Å². The van der Waals surface area contributed by atoms with E-state index in [2.05, 4.69) is 21.9 Å². The number of nitrogens with zero attached hydrogens (tertiary/aromatic N) is 6. The molecule has 0 saturated carbocycles. The number of thiazole rings is 1. The van der Waals surface area contributed by atoms with Crippen LogP contribution in [0.3, 0.4) is 0 Å². The van der Waals surface area contributed by atoms with Crippen molar-refractivity contribution < 1.29 is 0 Å². The van der Waals surface area contributed by atoms with E-state index in [9.17, 15) is 0 Å². The third kappa shape index (κ3) is 3.42. The first-order valence-corrected chi connectivity index (χ1v) is 12.5. The molecule has 4 aromatic rings. The van der Waals surface area contributed by atoms with E-state index in [0.717, 1.165) is 77.0 Å². The zero-order valence-corrected chi connectivity index (χ0v) is 21.8. The number of hydrogen-bond acceptors (Lipinski definition) is 7. The van der Waals surface area contributed by atoms with Crippen LogP contribution in [-0.4, -0.2) is 37.7 Å². The molecule has 1 saturated heterocycles. The maximum absolute atomic E-state index is 6.74. The van der Waals surface area contributed by atoms with Gasteiger partial charge < -0.3 is 10.6 Å². The van der Waals surface area contributed by atoms with Crippen molar-refractivity contribution in [2.24, 2.45) is 11.1 Å². The summed E-state index contributed by atoms with van der Waals surface area (Å²) in [4.78, 5) is 17.9. The molecule has 2 N–H and O–H groups in total. The van der Waals surface area contributed by atoms with Crippen LogP contribution in [0.25, 0.3) is 16.8 Å². The Bertz CT molecular complexity index is 1390. The minimum atomic E-state index is 0. The van der Waals surface area contributed by atoms with E-state index in [1.54, 1.807) is 6.20 Å². The van der Waals surface area contributed by atoms with Gasteiger partial charge in [-0.25, -0.2) is 14.5 Å². The Hall–Kier alpha value is -2.26. The fraction of sp³-hybridized carbons (Fsp3) is 0.417. The summed E-state index contributed by atoms with van der Waals surface area (Å²) >= 11 is 8.43. The van der Waals surface area contributed by atoms with E-state index < -0.39 is 0 Å². The Morgan fingerprint density at radius 1 is 1.09 bits per heavy atom. The third-order valence-electron chi connectivity index (χ3n) is 7.38. The number of hydrogen-bond donors (Lipinski definition) is 1. The van der Waals surface area contributed by atoms with E-state index in [1.807, 2.05) is 48.0 Å². The quantitative estimate of drug-likeness (QED) is 0.400. The first-order chi connectivity index (χ1) is 15.9. The number of nitrogens with two attached hydrogens (primary N) is 1. The standard InChI is InChI=1S/C24H26ClN7S.ClH/c1-13-19(25)16(4-8-27-13)21-14(2)29-23(17-5-9-28-32(17)21)31-10-6-24(7-11-31)12-18-20(22(24)26)30-15(3)33-18;/h4-5,8-9,22H,6-7,10-12,26H2,1-3H3;1H/t22-;/m1./s1. The lowest BCUT2D eigenvalue weighted by Crippen LogP contribution is -2.45. The molecule has 178 valence electrons. The van der Waals surface area contributed by atoms with Crippen molar-refractivity contribution in [3.8, 4) is 11.3 Å². The monoisotopic (exact) mass is 515 g/mol. The Balaban J connectivity index is 0.00000241. The molecular formula is C24H27Cl2N7S. The first-order valence-electron chi connectivity index (χ1n) is 11.3. The predicted octanol–water partition coefficient (Wildman–Crippen LogP) is 5.09. The number of piperidine rings is 1. The topological polar surface area (TPSA) is 85.2 Å². The highest BCUT2D eigenvalue weighted by Gasteiger charge is 2.48. The minimum absolute atomic E-state index is 0.